The van der Waals surface area contributed by atoms with Crippen LogP contribution in [0.4, 0.5) is 0 Å². The third-order valence-corrected chi connectivity index (χ3v) is 3.84. The lowest BCUT2D eigenvalue weighted by atomic mass is 9.64. The van der Waals surface area contributed by atoms with Gasteiger partial charge in [0.05, 0.1) is 6.10 Å². The first-order valence-corrected chi connectivity index (χ1v) is 6.41. The van der Waals surface area contributed by atoms with Crippen LogP contribution in [-0.2, 0) is 9.59 Å². The molecule has 0 heterocycles. The zero-order chi connectivity index (χ0) is 14.1. The molecule has 104 valence electrons. The number of nitrogens with one attached hydrogen (secondary N) is 2. The summed E-state index contributed by atoms with van der Waals surface area (Å²) in [5.74, 6) is -0.357. The minimum absolute atomic E-state index is 0.0296. The lowest BCUT2D eigenvalue weighted by molar-refractivity contribution is -0.135. The van der Waals surface area contributed by atoms with Crippen LogP contribution in [0.2, 0.25) is 0 Å². The van der Waals surface area contributed by atoms with E-state index in [1.54, 1.807) is 0 Å². The van der Waals surface area contributed by atoms with Crippen molar-refractivity contribution >= 4 is 11.8 Å². The molecule has 1 aliphatic carbocycles. The molecule has 1 aliphatic rings. The van der Waals surface area contributed by atoms with Crippen molar-refractivity contribution in [2.45, 2.75) is 59.2 Å². The van der Waals surface area contributed by atoms with Crippen molar-refractivity contribution < 1.29 is 14.7 Å². The molecule has 0 aliphatic heterocycles. The highest BCUT2D eigenvalue weighted by Gasteiger charge is 2.48. The van der Waals surface area contributed by atoms with Gasteiger partial charge in [-0.1, -0.05) is 27.7 Å². The van der Waals surface area contributed by atoms with E-state index in [-0.39, 0.29) is 35.3 Å². The molecule has 0 radical (unpaired) electrons. The molecule has 0 saturated heterocycles. The highest BCUT2D eigenvalue weighted by molar-refractivity contribution is 5.87. The number of aliphatic hydroxyl groups excluding tert-OH is 1. The molecule has 5 heteroatoms. The summed E-state index contributed by atoms with van der Waals surface area (Å²) in [6.45, 7) is 9.03. The number of carbonyl (C=O) groups is 2. The van der Waals surface area contributed by atoms with Crippen LogP contribution in [0.1, 0.15) is 41.0 Å². The van der Waals surface area contributed by atoms with Crippen LogP contribution >= 0.6 is 0 Å². The van der Waals surface area contributed by atoms with Gasteiger partial charge in [0.2, 0.25) is 11.8 Å². The van der Waals surface area contributed by atoms with E-state index < -0.39 is 6.04 Å². The molecule has 0 bridgehead atoms. The Morgan fingerprint density at radius 2 is 1.89 bits per heavy atom. The van der Waals surface area contributed by atoms with E-state index in [1.807, 2.05) is 27.7 Å². The minimum Gasteiger partial charge on any atom is -0.392 e. The first kappa shape index (κ1) is 15.0. The summed E-state index contributed by atoms with van der Waals surface area (Å²) in [5.41, 5.74) is -0.298. The Balaban J connectivity index is 2.60. The van der Waals surface area contributed by atoms with E-state index in [0.717, 1.165) is 0 Å². The minimum atomic E-state index is -0.518. The van der Waals surface area contributed by atoms with Gasteiger partial charge < -0.3 is 15.7 Å². The molecule has 18 heavy (non-hydrogen) atoms. The molecule has 0 spiro atoms. The van der Waals surface area contributed by atoms with E-state index in [1.165, 1.54) is 6.92 Å². The summed E-state index contributed by atoms with van der Waals surface area (Å²) >= 11 is 0. The van der Waals surface area contributed by atoms with Crippen LogP contribution in [0.5, 0.6) is 0 Å². The second kappa shape index (κ2) is 5.26. The summed E-state index contributed by atoms with van der Waals surface area (Å²) < 4.78 is 0. The maximum absolute atomic E-state index is 12.1. The van der Waals surface area contributed by atoms with Gasteiger partial charge in [0.1, 0.15) is 6.04 Å². The molecular formula is C13H24N2O3. The van der Waals surface area contributed by atoms with Crippen molar-refractivity contribution in [1.82, 2.24) is 10.6 Å². The van der Waals surface area contributed by atoms with E-state index in [2.05, 4.69) is 10.6 Å². The zero-order valence-corrected chi connectivity index (χ0v) is 11.8. The van der Waals surface area contributed by atoms with Crippen molar-refractivity contribution in [3.05, 3.63) is 0 Å². The SMILES string of the molecule is CC(=O)NC(C(=O)NC1CC(O)C1(C)C)C(C)C. The van der Waals surface area contributed by atoms with Crippen molar-refractivity contribution in [3.8, 4) is 0 Å². The number of rotatable bonds is 4. The molecule has 3 atom stereocenters. The van der Waals surface area contributed by atoms with E-state index in [9.17, 15) is 14.7 Å². The van der Waals surface area contributed by atoms with Gasteiger partial charge in [-0.15, -0.1) is 0 Å². The fourth-order valence-corrected chi connectivity index (χ4v) is 2.16. The second-order valence-electron chi connectivity index (χ2n) is 6.06. The van der Waals surface area contributed by atoms with E-state index >= 15 is 0 Å². The average Bonchev–Trinajstić information content (AvgIpc) is 2.24. The van der Waals surface area contributed by atoms with Crippen molar-refractivity contribution in [2.75, 3.05) is 0 Å². The Morgan fingerprint density at radius 1 is 1.33 bits per heavy atom. The van der Waals surface area contributed by atoms with Crippen LogP contribution in [0.15, 0.2) is 0 Å². The van der Waals surface area contributed by atoms with Crippen LogP contribution in [-0.4, -0.2) is 35.1 Å². The fourth-order valence-electron chi connectivity index (χ4n) is 2.16. The number of carbonyl (C=O) groups excluding carboxylic acids is 2. The van der Waals surface area contributed by atoms with Crippen LogP contribution in [0.3, 0.4) is 0 Å². The molecule has 5 nitrogen and oxygen atoms in total. The zero-order valence-electron chi connectivity index (χ0n) is 11.8. The molecule has 3 N–H and O–H groups in total. The maximum atomic E-state index is 12.1. The highest BCUT2D eigenvalue weighted by atomic mass is 16.3. The Hall–Kier alpha value is -1.10. The topological polar surface area (TPSA) is 78.4 Å². The van der Waals surface area contributed by atoms with E-state index in [4.69, 9.17) is 0 Å². The largest absolute Gasteiger partial charge is 0.392 e. The third-order valence-electron chi connectivity index (χ3n) is 3.84. The number of hydrogen-bond donors (Lipinski definition) is 3. The quantitative estimate of drug-likeness (QED) is 0.682. The number of hydrogen-bond acceptors (Lipinski definition) is 3. The predicted molar refractivity (Wildman–Crippen MR) is 68.8 cm³/mol. The van der Waals surface area contributed by atoms with Crippen LogP contribution in [0, 0.1) is 11.3 Å². The van der Waals surface area contributed by atoms with Gasteiger partial charge in [-0.3, -0.25) is 9.59 Å². The normalized spacial score (nSPS) is 27.3. The van der Waals surface area contributed by atoms with Gasteiger partial charge >= 0.3 is 0 Å². The fraction of sp³-hybridized carbons (Fsp3) is 0.846. The molecule has 0 aromatic rings. The molecule has 2 amide bonds. The lowest BCUT2D eigenvalue weighted by Gasteiger charge is -2.49. The van der Waals surface area contributed by atoms with Crippen molar-refractivity contribution in [3.63, 3.8) is 0 Å². The van der Waals surface area contributed by atoms with E-state index in [0.29, 0.717) is 6.42 Å². The molecule has 1 saturated carbocycles. The first-order chi connectivity index (χ1) is 8.16. The van der Waals surface area contributed by atoms with Gasteiger partial charge in [0.15, 0.2) is 0 Å². The highest BCUT2D eigenvalue weighted by Crippen LogP contribution is 2.40. The summed E-state index contributed by atoms with van der Waals surface area (Å²) in [5, 5.41) is 15.2. The monoisotopic (exact) mass is 256 g/mol. The summed E-state index contributed by atoms with van der Waals surface area (Å²) in [6, 6.07) is -0.550. The third kappa shape index (κ3) is 3.02. The van der Waals surface area contributed by atoms with Gasteiger partial charge in [-0.05, 0) is 12.3 Å². The molecule has 0 aromatic carbocycles. The molecule has 3 unspecified atom stereocenters. The first-order valence-electron chi connectivity index (χ1n) is 6.41. The summed E-state index contributed by atoms with van der Waals surface area (Å²) in [7, 11) is 0. The maximum Gasteiger partial charge on any atom is 0.243 e. The Morgan fingerprint density at radius 3 is 2.22 bits per heavy atom. The Bertz CT molecular complexity index is 339. The van der Waals surface area contributed by atoms with Crippen molar-refractivity contribution in [1.29, 1.82) is 0 Å². The Kier molecular flexibility index (Phi) is 4.37. The Labute approximate surface area is 108 Å². The van der Waals surface area contributed by atoms with Crippen LogP contribution in [0.25, 0.3) is 0 Å². The molecule has 1 rings (SSSR count). The van der Waals surface area contributed by atoms with Gasteiger partial charge in [0, 0.05) is 18.4 Å². The molecule has 0 aromatic heterocycles. The standard InChI is InChI=1S/C13H24N2O3/c1-7(2)11(14-8(3)16)12(18)15-9-6-10(17)13(9,4)5/h7,9-11,17H,6H2,1-5H3,(H,14,16)(H,15,18). The predicted octanol–water partition coefficient (Wildman–Crippen LogP) is 0.423. The van der Waals surface area contributed by atoms with Gasteiger partial charge in [-0.2, -0.15) is 0 Å². The number of amides is 2. The summed E-state index contributed by atoms with van der Waals surface area (Å²) in [6.07, 6.45) is 0.199. The second-order valence-corrected chi connectivity index (χ2v) is 6.06. The molecule has 1 fully saturated rings. The summed E-state index contributed by atoms with van der Waals surface area (Å²) in [4.78, 5) is 23.2. The van der Waals surface area contributed by atoms with Gasteiger partial charge in [0.25, 0.3) is 0 Å². The van der Waals surface area contributed by atoms with Gasteiger partial charge in [-0.25, -0.2) is 0 Å². The molecular weight excluding hydrogens is 232 g/mol. The number of aliphatic hydroxyl groups is 1. The lowest BCUT2D eigenvalue weighted by Crippen LogP contribution is -2.64. The van der Waals surface area contributed by atoms with Crippen LogP contribution < -0.4 is 10.6 Å². The smallest absolute Gasteiger partial charge is 0.243 e. The van der Waals surface area contributed by atoms with Crippen molar-refractivity contribution in [2.24, 2.45) is 11.3 Å². The average molecular weight is 256 g/mol.